The highest BCUT2D eigenvalue weighted by molar-refractivity contribution is 5.78. The lowest BCUT2D eigenvalue weighted by molar-refractivity contribution is -0.126. The topological polar surface area (TPSA) is 71.5 Å². The van der Waals surface area contributed by atoms with Gasteiger partial charge in [0.2, 0.25) is 5.91 Å². The second-order valence-electron chi connectivity index (χ2n) is 8.48. The molecule has 1 aromatic rings. The third-order valence-corrected chi connectivity index (χ3v) is 4.92. The number of carbonyl (C=O) groups is 2. The second kappa shape index (κ2) is 9.72. The smallest absolute Gasteiger partial charge is 0.410 e. The normalized spacial score (nSPS) is 20.0. The van der Waals surface area contributed by atoms with Gasteiger partial charge in [0.05, 0.1) is 0 Å². The first kappa shape index (κ1) is 21.2. The molecule has 2 amide bonds. The lowest BCUT2D eigenvalue weighted by Crippen LogP contribution is -2.39. The van der Waals surface area contributed by atoms with Crippen molar-refractivity contribution in [3.63, 3.8) is 0 Å². The van der Waals surface area contributed by atoms with Crippen molar-refractivity contribution in [2.75, 3.05) is 20.1 Å². The van der Waals surface area contributed by atoms with Crippen molar-refractivity contribution in [3.8, 4) is 0 Å². The van der Waals surface area contributed by atoms with Crippen LogP contribution in [0, 0.1) is 11.8 Å². The highest BCUT2D eigenvalue weighted by Gasteiger charge is 2.28. The lowest BCUT2D eigenvalue weighted by Gasteiger charge is -2.31. The number of nitrogens with zero attached hydrogens (tertiary/aromatic N) is 2. The zero-order chi connectivity index (χ0) is 19.9. The molecule has 1 N–H and O–H groups in total. The minimum Gasteiger partial charge on any atom is -0.444 e. The van der Waals surface area contributed by atoms with Crippen LogP contribution in [0.1, 0.15) is 52.0 Å². The largest absolute Gasteiger partial charge is 0.444 e. The number of hydrogen-bond donors (Lipinski definition) is 1. The Balaban J connectivity index is 1.67. The van der Waals surface area contributed by atoms with Crippen molar-refractivity contribution in [2.24, 2.45) is 11.8 Å². The summed E-state index contributed by atoms with van der Waals surface area (Å²) in [5, 5.41) is 3.06. The van der Waals surface area contributed by atoms with Crippen molar-refractivity contribution in [3.05, 3.63) is 30.1 Å². The first-order valence-electron chi connectivity index (χ1n) is 9.85. The summed E-state index contributed by atoms with van der Waals surface area (Å²) >= 11 is 0. The van der Waals surface area contributed by atoms with Gasteiger partial charge in [-0.25, -0.2) is 4.79 Å². The van der Waals surface area contributed by atoms with E-state index in [1.807, 2.05) is 32.9 Å². The van der Waals surface area contributed by atoms with Crippen LogP contribution in [-0.2, 0) is 16.0 Å². The fourth-order valence-electron chi connectivity index (χ4n) is 3.43. The Morgan fingerprint density at radius 2 is 1.81 bits per heavy atom. The number of ether oxygens (including phenoxy) is 1. The highest BCUT2D eigenvalue weighted by atomic mass is 16.6. The van der Waals surface area contributed by atoms with Gasteiger partial charge >= 0.3 is 6.09 Å². The summed E-state index contributed by atoms with van der Waals surface area (Å²) in [6, 6.07) is 3.94. The molecule has 0 aromatic carbocycles. The summed E-state index contributed by atoms with van der Waals surface area (Å²) in [6.45, 7) is 6.96. The molecule has 6 heteroatoms. The lowest BCUT2D eigenvalue weighted by atomic mass is 9.81. The molecule has 0 radical (unpaired) electrons. The molecule has 1 fully saturated rings. The number of amides is 2. The number of carbonyl (C=O) groups excluding carboxylic acids is 2. The van der Waals surface area contributed by atoms with Gasteiger partial charge in [-0.2, -0.15) is 0 Å². The van der Waals surface area contributed by atoms with E-state index in [-0.39, 0.29) is 17.9 Å². The molecular weight excluding hydrogens is 342 g/mol. The minimum atomic E-state index is -0.475. The van der Waals surface area contributed by atoms with Gasteiger partial charge in [0.1, 0.15) is 5.60 Å². The third kappa shape index (κ3) is 7.57. The molecule has 0 spiro atoms. The molecule has 1 aliphatic rings. The minimum absolute atomic E-state index is 0.0884. The molecule has 1 saturated carbocycles. The molecule has 1 heterocycles. The van der Waals surface area contributed by atoms with Crippen LogP contribution < -0.4 is 5.32 Å². The van der Waals surface area contributed by atoms with Crippen LogP contribution in [0.3, 0.4) is 0 Å². The second-order valence-corrected chi connectivity index (χ2v) is 8.48. The monoisotopic (exact) mass is 375 g/mol. The van der Waals surface area contributed by atoms with E-state index in [0.717, 1.165) is 32.1 Å². The maximum absolute atomic E-state index is 12.4. The summed E-state index contributed by atoms with van der Waals surface area (Å²) < 4.78 is 5.40. The van der Waals surface area contributed by atoms with Crippen molar-refractivity contribution in [1.29, 1.82) is 0 Å². The van der Waals surface area contributed by atoms with Crippen LogP contribution in [-0.4, -0.2) is 47.6 Å². The quantitative estimate of drug-likeness (QED) is 0.827. The Bertz CT molecular complexity index is 605. The van der Waals surface area contributed by atoms with E-state index in [1.165, 1.54) is 5.56 Å². The molecule has 1 aromatic heterocycles. The fourth-order valence-corrected chi connectivity index (χ4v) is 3.43. The van der Waals surface area contributed by atoms with Crippen molar-refractivity contribution in [2.45, 2.75) is 58.5 Å². The molecule has 0 saturated heterocycles. The first-order valence-corrected chi connectivity index (χ1v) is 9.85. The van der Waals surface area contributed by atoms with Gasteiger partial charge in [-0.15, -0.1) is 0 Å². The van der Waals surface area contributed by atoms with E-state index in [0.29, 0.717) is 19.0 Å². The molecule has 27 heavy (non-hydrogen) atoms. The number of nitrogens with one attached hydrogen (secondary N) is 1. The Morgan fingerprint density at radius 1 is 1.19 bits per heavy atom. The van der Waals surface area contributed by atoms with Gasteiger partial charge < -0.3 is 15.0 Å². The number of pyridine rings is 1. The fraction of sp³-hybridized carbons (Fsp3) is 0.667. The van der Waals surface area contributed by atoms with Crippen molar-refractivity contribution < 1.29 is 14.3 Å². The molecule has 2 rings (SSSR count). The molecule has 0 bridgehead atoms. The van der Waals surface area contributed by atoms with Crippen LogP contribution >= 0.6 is 0 Å². The Labute approximate surface area is 162 Å². The van der Waals surface area contributed by atoms with Crippen LogP contribution in [0.15, 0.2) is 24.5 Å². The SMILES string of the molecule is CN(CC1CCC(C(=O)NCCc2ccncc2)CC1)C(=O)OC(C)(C)C. The maximum atomic E-state index is 12.4. The van der Waals surface area contributed by atoms with Crippen LogP contribution in [0.2, 0.25) is 0 Å². The predicted molar refractivity (Wildman–Crippen MR) is 105 cm³/mol. The average molecular weight is 376 g/mol. The Hall–Kier alpha value is -2.11. The van der Waals surface area contributed by atoms with Crippen LogP contribution in [0.4, 0.5) is 4.79 Å². The van der Waals surface area contributed by atoms with E-state index in [9.17, 15) is 9.59 Å². The summed E-state index contributed by atoms with van der Waals surface area (Å²) in [4.78, 5) is 30.1. The van der Waals surface area contributed by atoms with E-state index < -0.39 is 5.60 Å². The van der Waals surface area contributed by atoms with Crippen molar-refractivity contribution >= 4 is 12.0 Å². The van der Waals surface area contributed by atoms with E-state index in [2.05, 4.69) is 10.3 Å². The van der Waals surface area contributed by atoms with Crippen molar-refractivity contribution in [1.82, 2.24) is 15.2 Å². The Morgan fingerprint density at radius 3 is 2.41 bits per heavy atom. The van der Waals surface area contributed by atoms with Gasteiger partial charge in [-0.05, 0) is 76.5 Å². The maximum Gasteiger partial charge on any atom is 0.410 e. The first-order chi connectivity index (χ1) is 12.7. The summed E-state index contributed by atoms with van der Waals surface area (Å²) in [5.41, 5.74) is 0.705. The molecule has 1 aliphatic carbocycles. The van der Waals surface area contributed by atoms with Gasteiger partial charge in [0.25, 0.3) is 0 Å². The van der Waals surface area contributed by atoms with E-state index in [1.54, 1.807) is 24.3 Å². The zero-order valence-corrected chi connectivity index (χ0v) is 17.0. The van der Waals surface area contributed by atoms with Gasteiger partial charge in [0.15, 0.2) is 0 Å². The van der Waals surface area contributed by atoms with E-state index in [4.69, 9.17) is 4.74 Å². The zero-order valence-electron chi connectivity index (χ0n) is 17.0. The number of hydrogen-bond acceptors (Lipinski definition) is 4. The molecule has 150 valence electrons. The van der Waals surface area contributed by atoms with Gasteiger partial charge in [-0.1, -0.05) is 0 Å². The van der Waals surface area contributed by atoms with Crippen LogP contribution in [0.5, 0.6) is 0 Å². The molecule has 6 nitrogen and oxygen atoms in total. The van der Waals surface area contributed by atoms with Crippen LogP contribution in [0.25, 0.3) is 0 Å². The Kier molecular flexibility index (Phi) is 7.63. The number of rotatable bonds is 6. The standard InChI is InChI=1S/C21H33N3O3/c1-21(2,3)27-20(26)24(4)15-17-5-7-18(8-6-17)19(25)23-14-11-16-9-12-22-13-10-16/h9-10,12-13,17-18H,5-8,11,14-15H2,1-4H3,(H,23,25). The molecule has 0 aliphatic heterocycles. The molecule has 0 atom stereocenters. The molecular formula is C21H33N3O3. The van der Waals surface area contributed by atoms with Gasteiger partial charge in [-0.3, -0.25) is 9.78 Å². The highest BCUT2D eigenvalue weighted by Crippen LogP contribution is 2.29. The average Bonchev–Trinajstić information content (AvgIpc) is 2.61. The predicted octanol–water partition coefficient (Wildman–Crippen LogP) is 3.41. The summed E-state index contributed by atoms with van der Waals surface area (Å²) in [5.74, 6) is 0.678. The molecule has 0 unspecified atom stereocenters. The van der Waals surface area contributed by atoms with E-state index >= 15 is 0 Å². The number of aromatic nitrogens is 1. The van der Waals surface area contributed by atoms with Gasteiger partial charge in [0, 0.05) is 38.4 Å². The summed E-state index contributed by atoms with van der Waals surface area (Å²) in [6.07, 6.45) is 7.79. The third-order valence-electron chi connectivity index (χ3n) is 4.92. The summed E-state index contributed by atoms with van der Waals surface area (Å²) in [7, 11) is 1.78.